The van der Waals surface area contributed by atoms with E-state index in [0.29, 0.717) is 0 Å². The van der Waals surface area contributed by atoms with Crippen LogP contribution in [0, 0.1) is 20.8 Å². The summed E-state index contributed by atoms with van der Waals surface area (Å²) >= 11 is 3.60. The van der Waals surface area contributed by atoms with Crippen molar-refractivity contribution in [3.8, 4) is 5.75 Å². The van der Waals surface area contributed by atoms with Crippen LogP contribution in [-0.4, -0.2) is 32.4 Å². The van der Waals surface area contributed by atoms with Crippen LogP contribution in [0.2, 0.25) is 0 Å². The van der Waals surface area contributed by atoms with Gasteiger partial charge in [0, 0.05) is 10.0 Å². The maximum atomic E-state index is 11.4. The van der Waals surface area contributed by atoms with Gasteiger partial charge in [0.1, 0.15) is 12.0 Å². The van der Waals surface area contributed by atoms with E-state index >= 15 is 0 Å². The number of methoxy groups -OCH3 is 1. The maximum absolute atomic E-state index is 11.4. The largest absolute Gasteiger partial charge is 0.496 e. The molecule has 1 unspecified atom stereocenters. The second-order valence-electron chi connectivity index (χ2n) is 4.68. The van der Waals surface area contributed by atoms with E-state index in [4.69, 9.17) is 4.74 Å². The van der Waals surface area contributed by atoms with E-state index in [0.717, 1.165) is 38.8 Å². The molecule has 0 heterocycles. The van der Waals surface area contributed by atoms with E-state index in [1.165, 1.54) is 0 Å². The number of carbonyl (C=O) groups excluding carboxylic acids is 1. The molecule has 0 aliphatic heterocycles. The maximum Gasteiger partial charge on any atom is 0.141 e. The van der Waals surface area contributed by atoms with Gasteiger partial charge >= 0.3 is 0 Å². The van der Waals surface area contributed by atoms with E-state index in [2.05, 4.69) is 15.9 Å². The number of carbonyl (C=O) groups is 1. The Kier molecular flexibility index (Phi) is 4.93. The van der Waals surface area contributed by atoms with Crippen molar-refractivity contribution in [2.24, 2.45) is 0 Å². The lowest BCUT2D eigenvalue weighted by Gasteiger charge is -2.26. The van der Waals surface area contributed by atoms with E-state index in [1.807, 2.05) is 39.8 Å². The number of hydrogen-bond donors (Lipinski definition) is 0. The van der Waals surface area contributed by atoms with Gasteiger partial charge in [-0.2, -0.15) is 0 Å². The van der Waals surface area contributed by atoms with E-state index in [9.17, 15) is 4.79 Å². The van der Waals surface area contributed by atoms with Gasteiger partial charge in [0.2, 0.25) is 0 Å². The second kappa shape index (κ2) is 5.85. The molecule has 0 saturated heterocycles. The number of aldehydes is 1. The van der Waals surface area contributed by atoms with E-state index < -0.39 is 0 Å². The molecule has 18 heavy (non-hydrogen) atoms. The summed E-state index contributed by atoms with van der Waals surface area (Å²) < 4.78 is 6.57. The normalized spacial score (nSPS) is 12.7. The van der Waals surface area contributed by atoms with E-state index in [1.54, 1.807) is 7.11 Å². The molecule has 1 aromatic carbocycles. The quantitative estimate of drug-likeness (QED) is 0.800. The molecule has 0 fully saturated rings. The van der Waals surface area contributed by atoms with Gasteiger partial charge in [-0.1, -0.05) is 15.9 Å². The van der Waals surface area contributed by atoms with Crippen LogP contribution >= 0.6 is 15.9 Å². The van der Waals surface area contributed by atoms with Crippen molar-refractivity contribution in [1.82, 2.24) is 4.90 Å². The highest BCUT2D eigenvalue weighted by Gasteiger charge is 2.24. The average molecular weight is 314 g/mol. The first-order valence-corrected chi connectivity index (χ1v) is 6.60. The van der Waals surface area contributed by atoms with Crippen molar-refractivity contribution in [3.63, 3.8) is 0 Å². The number of hydrogen-bond acceptors (Lipinski definition) is 3. The summed E-state index contributed by atoms with van der Waals surface area (Å²) in [5.74, 6) is 0.805. The zero-order chi connectivity index (χ0) is 14.0. The van der Waals surface area contributed by atoms with Gasteiger partial charge in [-0.15, -0.1) is 0 Å². The Morgan fingerprint density at radius 1 is 1.17 bits per heavy atom. The number of ether oxygens (including phenoxy) is 1. The van der Waals surface area contributed by atoms with Gasteiger partial charge in [-0.05, 0) is 51.6 Å². The smallest absolute Gasteiger partial charge is 0.141 e. The van der Waals surface area contributed by atoms with Crippen LogP contribution in [-0.2, 0) is 4.79 Å². The van der Waals surface area contributed by atoms with Crippen molar-refractivity contribution in [3.05, 3.63) is 26.7 Å². The van der Waals surface area contributed by atoms with Crippen LogP contribution in [0.15, 0.2) is 4.47 Å². The van der Waals surface area contributed by atoms with Crippen LogP contribution < -0.4 is 4.74 Å². The number of halogens is 1. The molecule has 1 atom stereocenters. The zero-order valence-corrected chi connectivity index (χ0v) is 13.4. The van der Waals surface area contributed by atoms with Gasteiger partial charge in [-0.3, -0.25) is 4.90 Å². The number of nitrogens with zero attached hydrogens (tertiary/aromatic N) is 1. The third-order valence-corrected chi connectivity index (χ3v) is 4.58. The summed E-state index contributed by atoms with van der Waals surface area (Å²) in [5.41, 5.74) is 4.21. The molecule has 3 nitrogen and oxygen atoms in total. The zero-order valence-electron chi connectivity index (χ0n) is 11.8. The molecule has 4 heteroatoms. The molecule has 0 N–H and O–H groups in total. The standard InChI is InChI=1S/C14H20BrNO2/c1-8-9(2)14(18-6)12(10(3)13(8)15)11(7-17)16(4)5/h7,11H,1-6H3. The second-order valence-corrected chi connectivity index (χ2v) is 5.47. The van der Waals surface area contributed by atoms with Crippen molar-refractivity contribution < 1.29 is 9.53 Å². The topological polar surface area (TPSA) is 29.5 Å². The number of rotatable bonds is 4. The van der Waals surface area contributed by atoms with Crippen molar-refractivity contribution in [2.75, 3.05) is 21.2 Å². The lowest BCUT2D eigenvalue weighted by atomic mass is 9.94. The predicted octanol–water partition coefficient (Wildman–Crippen LogP) is 3.18. The summed E-state index contributed by atoms with van der Waals surface area (Å²) in [7, 11) is 5.43. The molecule has 0 amide bonds. The Labute approximate surface area is 117 Å². The third kappa shape index (κ3) is 2.45. The molecule has 0 aromatic heterocycles. The molecule has 100 valence electrons. The Morgan fingerprint density at radius 3 is 2.11 bits per heavy atom. The molecule has 0 spiro atoms. The molecular formula is C14H20BrNO2. The van der Waals surface area contributed by atoms with Crippen LogP contribution in [0.1, 0.15) is 28.3 Å². The lowest BCUT2D eigenvalue weighted by molar-refractivity contribution is -0.111. The minimum Gasteiger partial charge on any atom is -0.496 e. The summed E-state index contributed by atoms with van der Waals surface area (Å²) in [6.07, 6.45) is 0.950. The molecule has 1 aromatic rings. The number of likely N-dealkylation sites (N-methyl/N-ethyl adjacent to an activating group) is 1. The molecule has 0 saturated carbocycles. The monoisotopic (exact) mass is 313 g/mol. The van der Waals surface area contributed by atoms with Crippen molar-refractivity contribution >= 4 is 22.2 Å². The SMILES string of the molecule is COc1c(C)c(C)c(Br)c(C)c1C(C=O)N(C)C. The fourth-order valence-electron chi connectivity index (χ4n) is 2.17. The Hall–Kier alpha value is -0.870. The van der Waals surface area contributed by atoms with Crippen LogP contribution in [0.25, 0.3) is 0 Å². The summed E-state index contributed by atoms with van der Waals surface area (Å²) in [5, 5.41) is 0. The summed E-state index contributed by atoms with van der Waals surface area (Å²) in [6.45, 7) is 6.07. The minimum atomic E-state index is -0.296. The highest BCUT2D eigenvalue weighted by atomic mass is 79.9. The van der Waals surface area contributed by atoms with Gasteiger partial charge in [0.05, 0.1) is 13.2 Å². The first-order valence-electron chi connectivity index (χ1n) is 5.81. The third-order valence-electron chi connectivity index (χ3n) is 3.40. The first kappa shape index (κ1) is 15.2. The van der Waals surface area contributed by atoms with Crippen molar-refractivity contribution in [1.29, 1.82) is 0 Å². The minimum absolute atomic E-state index is 0.296. The summed E-state index contributed by atoms with van der Waals surface area (Å²) in [4.78, 5) is 13.3. The average Bonchev–Trinajstić information content (AvgIpc) is 2.33. The molecule has 0 aliphatic rings. The van der Waals surface area contributed by atoms with Crippen LogP contribution in [0.5, 0.6) is 5.75 Å². The van der Waals surface area contributed by atoms with Gasteiger partial charge in [0.15, 0.2) is 0 Å². The predicted molar refractivity (Wildman–Crippen MR) is 77.4 cm³/mol. The van der Waals surface area contributed by atoms with Crippen LogP contribution in [0.3, 0.4) is 0 Å². The molecular weight excluding hydrogens is 294 g/mol. The summed E-state index contributed by atoms with van der Waals surface area (Å²) in [6, 6.07) is -0.296. The lowest BCUT2D eigenvalue weighted by Crippen LogP contribution is -2.23. The fourth-order valence-corrected chi connectivity index (χ4v) is 2.68. The highest BCUT2D eigenvalue weighted by molar-refractivity contribution is 9.10. The van der Waals surface area contributed by atoms with Gasteiger partial charge < -0.3 is 9.53 Å². The highest BCUT2D eigenvalue weighted by Crippen LogP contribution is 2.39. The van der Waals surface area contributed by atoms with E-state index in [-0.39, 0.29) is 6.04 Å². The Morgan fingerprint density at radius 2 is 1.72 bits per heavy atom. The molecule has 0 aliphatic carbocycles. The Bertz CT molecular complexity index is 470. The first-order chi connectivity index (χ1) is 8.36. The van der Waals surface area contributed by atoms with Gasteiger partial charge in [0.25, 0.3) is 0 Å². The molecule has 0 radical (unpaired) electrons. The number of benzene rings is 1. The molecule has 1 rings (SSSR count). The molecule has 0 bridgehead atoms. The van der Waals surface area contributed by atoms with Crippen molar-refractivity contribution in [2.45, 2.75) is 26.8 Å². The van der Waals surface area contributed by atoms with Crippen LogP contribution in [0.4, 0.5) is 0 Å². The van der Waals surface area contributed by atoms with Gasteiger partial charge in [-0.25, -0.2) is 0 Å². The fraction of sp³-hybridized carbons (Fsp3) is 0.500. The Balaban J connectivity index is 3.65.